The highest BCUT2D eigenvalue weighted by molar-refractivity contribution is 7.79. The molecule has 0 aromatic heterocycles. The molecule has 0 bridgehead atoms. The number of phenols is 2. The van der Waals surface area contributed by atoms with Crippen LogP contribution in [0.5, 0.6) is 92.0 Å². The van der Waals surface area contributed by atoms with Gasteiger partial charge in [0.05, 0.1) is 0 Å². The third kappa shape index (κ3) is 17.7. The van der Waals surface area contributed by atoms with E-state index in [1.165, 1.54) is 146 Å². The highest BCUT2D eigenvalue weighted by Crippen LogP contribution is 2.79. The monoisotopic (exact) mass is 1350 g/mol. The maximum atomic E-state index is 13.1. The highest BCUT2D eigenvalue weighted by Gasteiger charge is 2.49. The Kier molecular flexibility index (Phi) is 19.8. The van der Waals surface area contributed by atoms with Gasteiger partial charge in [-0.05, 0) is 194 Å². The van der Waals surface area contributed by atoms with Gasteiger partial charge >= 0.3 is 56.0 Å². The molecule has 452 valence electrons. The van der Waals surface area contributed by atoms with E-state index in [1.54, 1.807) is 121 Å². The topological polar surface area (TPSA) is 275 Å². The summed E-state index contributed by atoms with van der Waals surface area (Å²) in [5, 5.41) is 21.0. The van der Waals surface area contributed by atoms with E-state index in [1.807, 2.05) is 0 Å². The van der Waals surface area contributed by atoms with Crippen LogP contribution in [0, 0.1) is 0 Å². The standard InChI is InChI=1S/C60H44N3O20P7/c64-45-21-25-55(26-22-45)78-88(80-57-37-29-51(30-38-57)74-84(66)70-47-13-5-1-6-14-47)61-89(79-56-27-23-46(65)24-28-56,81-58-39-31-52(32-40-58)75-85(67)71-48-15-7-2-8-16-48)63-90(62-88,82-59-41-33-53(34-42-59)76-86(68)72-49-17-9-3-10-18-49)83-60-43-35-54(36-44-60)77-87(69)73-50-19-11-4-12-20-50/h1-44H/q+2/p+2. The molecular formula is C60H46N3O20P7+4. The second-order valence-electron chi connectivity index (χ2n) is 18.0. The summed E-state index contributed by atoms with van der Waals surface area (Å²) in [6.07, 6.45) is 0. The molecule has 23 nitrogen and oxygen atoms in total. The van der Waals surface area contributed by atoms with Crippen molar-refractivity contribution in [1.29, 1.82) is 0 Å². The first kappa shape index (κ1) is 61.7. The van der Waals surface area contributed by atoms with Crippen LogP contribution in [0.25, 0.3) is 0 Å². The lowest BCUT2D eigenvalue weighted by Gasteiger charge is -2.33. The largest absolute Gasteiger partial charge is 0.805 e. The van der Waals surface area contributed by atoms with E-state index in [9.17, 15) is 28.5 Å². The van der Waals surface area contributed by atoms with Crippen molar-refractivity contribution in [1.82, 2.24) is 0 Å². The van der Waals surface area contributed by atoms with Crippen LogP contribution in [0.15, 0.2) is 280 Å². The Morgan fingerprint density at radius 1 is 0.211 bits per heavy atom. The van der Waals surface area contributed by atoms with Gasteiger partial charge in [0.1, 0.15) is 46.0 Å². The Bertz CT molecular complexity index is 4050. The Morgan fingerprint density at radius 2 is 0.356 bits per heavy atom. The number of para-hydroxylation sites is 4. The molecule has 0 radical (unpaired) electrons. The Labute approximate surface area is 517 Å². The Hall–Kier alpha value is -9.91. The van der Waals surface area contributed by atoms with Crippen LogP contribution in [-0.2, 0) is 18.3 Å². The van der Waals surface area contributed by atoms with Crippen molar-refractivity contribution in [2.24, 2.45) is 13.5 Å². The fraction of sp³-hybridized carbons (Fsp3) is 0. The summed E-state index contributed by atoms with van der Waals surface area (Å²) in [7, 11) is -24.9. The number of nitrogens with zero attached hydrogens (tertiary/aromatic N) is 3. The lowest BCUT2D eigenvalue weighted by atomic mass is 10.3. The molecule has 1 aliphatic rings. The van der Waals surface area contributed by atoms with Gasteiger partial charge in [0.15, 0.2) is 46.0 Å². The smallest absolute Gasteiger partial charge is 0.508 e. The molecule has 30 heteroatoms. The second kappa shape index (κ2) is 28.9. The number of rotatable bonds is 28. The summed E-state index contributed by atoms with van der Waals surface area (Å²) < 4.78 is 154. The van der Waals surface area contributed by atoms with Crippen molar-refractivity contribution in [2.45, 2.75) is 0 Å². The third-order valence-electron chi connectivity index (χ3n) is 11.4. The number of phenolic OH excluding ortho intramolecular Hbond substituents is 2. The van der Waals surface area contributed by atoms with E-state index in [0.717, 1.165) is 0 Å². The molecule has 0 amide bonds. The van der Waals surface area contributed by atoms with Crippen molar-refractivity contribution in [2.75, 3.05) is 0 Å². The van der Waals surface area contributed by atoms with Crippen molar-refractivity contribution in [3.8, 4) is 92.0 Å². The van der Waals surface area contributed by atoms with Gasteiger partial charge in [-0.15, -0.1) is 0 Å². The first-order valence-electron chi connectivity index (χ1n) is 26.4. The van der Waals surface area contributed by atoms with Crippen LogP contribution in [0.4, 0.5) is 0 Å². The number of hydrogen-bond donors (Lipinski definition) is 2. The van der Waals surface area contributed by atoms with E-state index >= 15 is 0 Å². The van der Waals surface area contributed by atoms with Gasteiger partial charge in [-0.2, -0.15) is 0 Å². The van der Waals surface area contributed by atoms with Gasteiger partial charge in [-0.25, -0.2) is 36.2 Å². The van der Waals surface area contributed by atoms with Gasteiger partial charge in [0.2, 0.25) is 0 Å². The van der Waals surface area contributed by atoms with Crippen LogP contribution in [0.1, 0.15) is 0 Å². The lowest BCUT2D eigenvalue weighted by molar-refractivity contribution is 0.413. The van der Waals surface area contributed by atoms with Gasteiger partial charge in [0, 0.05) is 18.3 Å². The molecule has 0 aliphatic carbocycles. The minimum Gasteiger partial charge on any atom is -0.508 e. The predicted octanol–water partition coefficient (Wildman–Crippen LogP) is 20.2. The molecule has 10 aromatic rings. The SMILES string of the molecule is O=[P+](Oc1ccccc1)Oc1ccc(OP2(Oc3ccc(O)cc3)=NP(Oc3ccc(O)cc3)(Oc3ccc(O[P+](=O)Oc4ccccc4)cc3)=NP(Oc3ccc(O[P+](=O)Oc4ccccc4)cc3)(Oc3ccc(O[P+](=O)Oc4ccccc4)cc3)=N2)cc1. The summed E-state index contributed by atoms with van der Waals surface area (Å²) in [5.74, 6) is 1.46. The van der Waals surface area contributed by atoms with E-state index in [-0.39, 0.29) is 69.0 Å². The maximum Gasteiger partial charge on any atom is 0.805 e. The Balaban J connectivity index is 1.06. The van der Waals surface area contributed by atoms with Crippen molar-refractivity contribution in [3.05, 3.63) is 267 Å². The molecule has 90 heavy (non-hydrogen) atoms. The maximum absolute atomic E-state index is 13.1. The zero-order valence-corrected chi connectivity index (χ0v) is 52.4. The van der Waals surface area contributed by atoms with Crippen LogP contribution in [0.3, 0.4) is 0 Å². The van der Waals surface area contributed by atoms with Crippen LogP contribution < -0.4 is 63.3 Å². The summed E-state index contributed by atoms with van der Waals surface area (Å²) in [6, 6.07) is 67.9. The quantitative estimate of drug-likeness (QED) is 0.0431. The first-order valence-corrected chi connectivity index (χ1v) is 35.3. The van der Waals surface area contributed by atoms with Crippen LogP contribution >= 0.6 is 56.0 Å². The molecule has 0 fully saturated rings. The van der Waals surface area contributed by atoms with Crippen molar-refractivity contribution < 1.29 is 91.8 Å². The zero-order valence-electron chi connectivity index (χ0n) is 46.1. The van der Waals surface area contributed by atoms with Crippen molar-refractivity contribution >= 4 is 56.0 Å². The summed E-state index contributed by atoms with van der Waals surface area (Å²) in [5.41, 5.74) is 0. The average molecular weight is 1350 g/mol. The Morgan fingerprint density at radius 3 is 0.533 bits per heavy atom. The van der Waals surface area contributed by atoms with E-state index in [4.69, 9.17) is 76.9 Å². The molecular weight excluding hydrogens is 1300 g/mol. The molecule has 1 heterocycles. The van der Waals surface area contributed by atoms with Gasteiger partial charge in [-0.3, -0.25) is 0 Å². The minimum atomic E-state index is -4.69. The van der Waals surface area contributed by atoms with Gasteiger partial charge in [0.25, 0.3) is 0 Å². The molecule has 6 unspecified atom stereocenters. The van der Waals surface area contributed by atoms with Crippen LogP contribution in [-0.4, -0.2) is 10.2 Å². The highest BCUT2D eigenvalue weighted by atomic mass is 31.3. The predicted molar refractivity (Wildman–Crippen MR) is 335 cm³/mol. The van der Waals surface area contributed by atoms with E-state index in [2.05, 4.69) is 0 Å². The van der Waals surface area contributed by atoms with E-state index in [0.29, 0.717) is 23.0 Å². The second-order valence-corrected chi connectivity index (χ2v) is 27.5. The number of hydrogen-bond acceptors (Lipinski definition) is 23. The number of benzene rings is 10. The summed E-state index contributed by atoms with van der Waals surface area (Å²) >= 11 is 0. The number of aromatic hydroxyl groups is 2. The molecule has 1 aliphatic heterocycles. The molecule has 11 rings (SSSR count). The van der Waals surface area contributed by atoms with E-state index < -0.39 is 56.0 Å². The summed E-state index contributed by atoms with van der Waals surface area (Å²) in [4.78, 5) is 0. The normalized spacial score (nSPS) is 17.0. The fourth-order valence-corrected chi connectivity index (χ4v) is 19.1. The first-order chi connectivity index (χ1) is 43.8. The van der Waals surface area contributed by atoms with Gasteiger partial charge < -0.3 is 37.4 Å². The summed E-state index contributed by atoms with van der Waals surface area (Å²) in [6.45, 7) is 0. The molecule has 10 aromatic carbocycles. The average Bonchev–Trinajstić information content (AvgIpc) is 0.775. The lowest BCUT2D eigenvalue weighted by Crippen LogP contribution is -2.11. The van der Waals surface area contributed by atoms with Gasteiger partial charge in [-0.1, -0.05) is 86.3 Å². The molecule has 0 saturated heterocycles. The fourth-order valence-electron chi connectivity index (χ4n) is 7.53. The molecule has 0 spiro atoms. The third-order valence-corrected chi connectivity index (χ3v) is 22.4. The van der Waals surface area contributed by atoms with Crippen molar-refractivity contribution in [3.63, 3.8) is 0 Å². The van der Waals surface area contributed by atoms with Crippen LogP contribution in [0.2, 0.25) is 0 Å². The minimum absolute atomic E-state index is 0.00596. The molecule has 2 N–H and O–H groups in total. The molecule has 0 saturated carbocycles. The zero-order chi connectivity index (χ0) is 62.2. The molecule has 6 atom stereocenters.